The van der Waals surface area contributed by atoms with E-state index in [0.29, 0.717) is 12.5 Å². The molecule has 1 heterocycles. The molecule has 0 spiro atoms. The number of hydrogen-bond donors (Lipinski definition) is 1. The summed E-state index contributed by atoms with van der Waals surface area (Å²) in [4.78, 5) is 0. The van der Waals surface area contributed by atoms with E-state index < -0.39 is 0 Å². The van der Waals surface area contributed by atoms with Crippen LogP contribution in [-0.2, 0) is 13.0 Å². The molecule has 0 bridgehead atoms. The summed E-state index contributed by atoms with van der Waals surface area (Å²) < 4.78 is 13.7. The Labute approximate surface area is 124 Å². The highest BCUT2D eigenvalue weighted by molar-refractivity contribution is 9.10. The van der Waals surface area contributed by atoms with Crippen molar-refractivity contribution in [2.45, 2.75) is 26.8 Å². The maximum atomic E-state index is 13.0. The first kappa shape index (κ1) is 14.4. The lowest BCUT2D eigenvalue weighted by Gasteiger charge is -2.05. The summed E-state index contributed by atoms with van der Waals surface area (Å²) in [6.45, 7) is 4.91. The lowest BCUT2D eigenvalue weighted by molar-refractivity contribution is 0.626. The molecular weight excluding hydrogens is 329 g/mol. The third kappa shape index (κ3) is 4.24. The molecule has 0 radical (unpaired) electrons. The predicted octanol–water partition coefficient (Wildman–Crippen LogP) is 4.25. The summed E-state index contributed by atoms with van der Waals surface area (Å²) in [6.07, 6.45) is 0.944. The van der Waals surface area contributed by atoms with Crippen LogP contribution < -0.4 is 5.32 Å². The minimum absolute atomic E-state index is 0.245. The van der Waals surface area contributed by atoms with E-state index >= 15 is 0 Å². The van der Waals surface area contributed by atoms with Crippen molar-refractivity contribution in [2.75, 3.05) is 5.32 Å². The zero-order chi connectivity index (χ0) is 13.8. The standard InChI is InChI=1S/C13H15BrFN3S/c1-8(2)5-12-17-18-13(19-12)16-7-9-3-4-10(15)6-11(9)14/h3-4,6,8H,5,7H2,1-2H3,(H,16,18). The minimum Gasteiger partial charge on any atom is -0.356 e. The van der Waals surface area contributed by atoms with E-state index in [1.165, 1.54) is 12.1 Å². The average molecular weight is 344 g/mol. The van der Waals surface area contributed by atoms with E-state index in [0.717, 1.165) is 26.6 Å². The van der Waals surface area contributed by atoms with Crippen LogP contribution in [-0.4, -0.2) is 10.2 Å². The van der Waals surface area contributed by atoms with E-state index in [4.69, 9.17) is 0 Å². The molecule has 2 rings (SSSR count). The predicted molar refractivity (Wildman–Crippen MR) is 79.9 cm³/mol. The van der Waals surface area contributed by atoms with Crippen molar-refractivity contribution in [3.63, 3.8) is 0 Å². The molecule has 3 nitrogen and oxygen atoms in total. The smallest absolute Gasteiger partial charge is 0.205 e. The summed E-state index contributed by atoms with van der Waals surface area (Å²) in [7, 11) is 0. The SMILES string of the molecule is CC(C)Cc1nnc(NCc2ccc(F)cc2Br)s1. The van der Waals surface area contributed by atoms with E-state index in [1.54, 1.807) is 17.4 Å². The fourth-order valence-electron chi connectivity index (χ4n) is 1.59. The summed E-state index contributed by atoms with van der Waals surface area (Å²) >= 11 is 4.91. The normalized spacial score (nSPS) is 11.0. The molecule has 1 aromatic heterocycles. The first-order valence-electron chi connectivity index (χ1n) is 6.05. The number of anilines is 1. The highest BCUT2D eigenvalue weighted by atomic mass is 79.9. The van der Waals surface area contributed by atoms with Crippen LogP contribution in [0.3, 0.4) is 0 Å². The fourth-order valence-corrected chi connectivity index (χ4v) is 3.03. The molecule has 0 aliphatic carbocycles. The molecule has 6 heteroatoms. The second-order valence-electron chi connectivity index (χ2n) is 4.69. The van der Waals surface area contributed by atoms with Crippen molar-refractivity contribution < 1.29 is 4.39 Å². The van der Waals surface area contributed by atoms with E-state index in [1.807, 2.05) is 0 Å². The van der Waals surface area contributed by atoms with Crippen LogP contribution in [0.4, 0.5) is 9.52 Å². The van der Waals surface area contributed by atoms with Crippen LogP contribution in [0.2, 0.25) is 0 Å². The van der Waals surface area contributed by atoms with Crippen LogP contribution in [0.1, 0.15) is 24.4 Å². The largest absolute Gasteiger partial charge is 0.356 e. The zero-order valence-electron chi connectivity index (χ0n) is 10.8. The Bertz CT molecular complexity index is 557. The monoisotopic (exact) mass is 343 g/mol. The fraction of sp³-hybridized carbons (Fsp3) is 0.385. The maximum absolute atomic E-state index is 13.0. The highest BCUT2D eigenvalue weighted by Crippen LogP contribution is 2.22. The molecule has 102 valence electrons. The van der Waals surface area contributed by atoms with Gasteiger partial charge in [-0.1, -0.05) is 47.2 Å². The van der Waals surface area contributed by atoms with Gasteiger partial charge in [-0.2, -0.15) is 0 Å². The van der Waals surface area contributed by atoms with Crippen LogP contribution in [0.25, 0.3) is 0 Å². The van der Waals surface area contributed by atoms with Gasteiger partial charge in [-0.25, -0.2) is 4.39 Å². The van der Waals surface area contributed by atoms with Crippen molar-refractivity contribution in [2.24, 2.45) is 5.92 Å². The summed E-state index contributed by atoms with van der Waals surface area (Å²) in [6, 6.07) is 4.66. The number of rotatable bonds is 5. The van der Waals surface area contributed by atoms with Gasteiger partial charge in [-0.3, -0.25) is 0 Å². The Morgan fingerprint density at radius 1 is 1.37 bits per heavy atom. The van der Waals surface area contributed by atoms with Gasteiger partial charge in [0.1, 0.15) is 10.8 Å². The average Bonchev–Trinajstić information content (AvgIpc) is 2.74. The number of aromatic nitrogens is 2. The third-order valence-electron chi connectivity index (χ3n) is 2.49. The van der Waals surface area contributed by atoms with Crippen LogP contribution in [0.15, 0.2) is 22.7 Å². The molecule has 0 amide bonds. The van der Waals surface area contributed by atoms with Gasteiger partial charge >= 0.3 is 0 Å². The number of hydrogen-bond acceptors (Lipinski definition) is 4. The van der Waals surface area contributed by atoms with E-state index in [9.17, 15) is 4.39 Å². The first-order valence-corrected chi connectivity index (χ1v) is 7.65. The van der Waals surface area contributed by atoms with Crippen molar-refractivity contribution in [1.29, 1.82) is 0 Å². The molecule has 0 atom stereocenters. The van der Waals surface area contributed by atoms with Crippen molar-refractivity contribution in [3.05, 3.63) is 39.1 Å². The topological polar surface area (TPSA) is 37.8 Å². The molecule has 0 saturated heterocycles. The second-order valence-corrected chi connectivity index (χ2v) is 6.60. The van der Waals surface area contributed by atoms with Gasteiger partial charge in [0.05, 0.1) is 0 Å². The molecule has 0 aliphatic rings. The van der Waals surface area contributed by atoms with Gasteiger partial charge in [0, 0.05) is 17.4 Å². The van der Waals surface area contributed by atoms with Crippen LogP contribution in [0, 0.1) is 11.7 Å². The van der Waals surface area contributed by atoms with Gasteiger partial charge in [-0.15, -0.1) is 10.2 Å². The van der Waals surface area contributed by atoms with Gasteiger partial charge in [0.15, 0.2) is 0 Å². The van der Waals surface area contributed by atoms with Crippen molar-refractivity contribution >= 4 is 32.4 Å². The minimum atomic E-state index is -0.245. The van der Waals surface area contributed by atoms with Gasteiger partial charge < -0.3 is 5.32 Å². The van der Waals surface area contributed by atoms with Gasteiger partial charge in [-0.05, 0) is 23.6 Å². The molecule has 1 aromatic carbocycles. The Morgan fingerprint density at radius 3 is 2.84 bits per heavy atom. The van der Waals surface area contributed by atoms with Crippen molar-refractivity contribution in [3.8, 4) is 0 Å². The zero-order valence-corrected chi connectivity index (χ0v) is 13.2. The Morgan fingerprint density at radius 2 is 2.16 bits per heavy atom. The number of halogens is 2. The molecule has 0 unspecified atom stereocenters. The lowest BCUT2D eigenvalue weighted by atomic mass is 10.1. The molecule has 1 N–H and O–H groups in total. The number of benzene rings is 1. The first-order chi connectivity index (χ1) is 9.04. The number of nitrogens with one attached hydrogen (secondary N) is 1. The number of nitrogens with zero attached hydrogens (tertiary/aromatic N) is 2. The van der Waals surface area contributed by atoms with Gasteiger partial charge in [0.2, 0.25) is 5.13 Å². The lowest BCUT2D eigenvalue weighted by Crippen LogP contribution is -2.00. The molecule has 19 heavy (non-hydrogen) atoms. The Hall–Kier alpha value is -1.01. The summed E-state index contributed by atoms with van der Waals surface area (Å²) in [5.41, 5.74) is 0.988. The molecular formula is C13H15BrFN3S. The quantitative estimate of drug-likeness (QED) is 0.881. The Kier molecular flexibility index (Phi) is 4.87. The van der Waals surface area contributed by atoms with Crippen LogP contribution >= 0.6 is 27.3 Å². The van der Waals surface area contributed by atoms with Crippen molar-refractivity contribution in [1.82, 2.24) is 10.2 Å². The summed E-state index contributed by atoms with van der Waals surface area (Å²) in [5.74, 6) is 0.331. The highest BCUT2D eigenvalue weighted by Gasteiger charge is 2.07. The Balaban J connectivity index is 1.96. The second kappa shape index (κ2) is 6.43. The van der Waals surface area contributed by atoms with Gasteiger partial charge in [0.25, 0.3) is 0 Å². The van der Waals surface area contributed by atoms with E-state index in [-0.39, 0.29) is 5.82 Å². The molecule has 2 aromatic rings. The summed E-state index contributed by atoms with van der Waals surface area (Å²) in [5, 5.41) is 13.3. The van der Waals surface area contributed by atoms with E-state index in [2.05, 4.69) is 45.3 Å². The molecule has 0 fully saturated rings. The molecule has 0 aliphatic heterocycles. The third-order valence-corrected chi connectivity index (χ3v) is 4.14. The van der Waals surface area contributed by atoms with Crippen LogP contribution in [0.5, 0.6) is 0 Å². The molecule has 0 saturated carbocycles. The maximum Gasteiger partial charge on any atom is 0.205 e.